The molecule has 2 aromatic rings. The summed E-state index contributed by atoms with van der Waals surface area (Å²) in [6.45, 7) is 4.34. The van der Waals surface area contributed by atoms with Gasteiger partial charge in [0.15, 0.2) is 0 Å². The predicted octanol–water partition coefficient (Wildman–Crippen LogP) is 2.79. The summed E-state index contributed by atoms with van der Waals surface area (Å²) in [5.74, 6) is 6.28. The minimum Gasteiger partial charge on any atom is -0.490 e. The highest BCUT2D eigenvalue weighted by Gasteiger charge is 2.31. The van der Waals surface area contributed by atoms with Crippen LogP contribution in [0.2, 0.25) is 0 Å². The first-order valence-electron chi connectivity index (χ1n) is 13.0. The van der Waals surface area contributed by atoms with Crippen LogP contribution in [-0.4, -0.2) is 84.3 Å². The molecule has 10 nitrogen and oxygen atoms in total. The van der Waals surface area contributed by atoms with E-state index in [0.717, 1.165) is 22.9 Å². The van der Waals surface area contributed by atoms with Crippen molar-refractivity contribution in [1.82, 2.24) is 19.9 Å². The average molecular weight is 582 g/mol. The fourth-order valence-corrected chi connectivity index (χ4v) is 4.08. The van der Waals surface area contributed by atoms with E-state index in [1.165, 1.54) is 25.1 Å². The highest BCUT2D eigenvalue weighted by atomic mass is 19.4. The van der Waals surface area contributed by atoms with Crippen LogP contribution in [0.3, 0.4) is 0 Å². The molecule has 1 amide bonds. The maximum absolute atomic E-state index is 13.3. The normalized spacial score (nSPS) is 15.0. The summed E-state index contributed by atoms with van der Waals surface area (Å²) in [5.41, 5.74) is 6.19. The molecule has 1 fully saturated rings. The van der Waals surface area contributed by atoms with Crippen LogP contribution in [-0.2, 0) is 28.8 Å². The molecular formula is C27H35F4N7O3. The first-order chi connectivity index (χ1) is 19.5. The van der Waals surface area contributed by atoms with E-state index >= 15 is 0 Å². The molecule has 14 heteroatoms. The van der Waals surface area contributed by atoms with E-state index in [4.69, 9.17) is 21.1 Å². The molecule has 0 bridgehead atoms. The zero-order chi connectivity index (χ0) is 29.8. The molecule has 41 heavy (non-hydrogen) atoms. The monoisotopic (exact) mass is 581 g/mol. The number of hydrazone groups is 1. The van der Waals surface area contributed by atoms with Crippen molar-refractivity contribution in [2.75, 3.05) is 52.7 Å². The van der Waals surface area contributed by atoms with Gasteiger partial charge < -0.3 is 20.1 Å². The van der Waals surface area contributed by atoms with E-state index in [9.17, 15) is 22.4 Å². The smallest absolute Gasteiger partial charge is 0.416 e. The van der Waals surface area contributed by atoms with Gasteiger partial charge in [0.1, 0.15) is 24.9 Å². The van der Waals surface area contributed by atoms with Crippen LogP contribution in [0, 0.1) is 0 Å². The average Bonchev–Trinajstić information content (AvgIpc) is 2.92. The molecule has 0 atom stereocenters. The molecule has 0 spiro atoms. The number of nitrogens with two attached hydrogens (primary N) is 2. The number of rotatable bonds is 13. The summed E-state index contributed by atoms with van der Waals surface area (Å²) < 4.78 is 62.4. The summed E-state index contributed by atoms with van der Waals surface area (Å²) in [5, 5.41) is 4.78. The minimum atomic E-state index is -4.53. The number of halogens is 4. The molecule has 2 heterocycles. The second-order valence-electron chi connectivity index (χ2n) is 9.32. The van der Waals surface area contributed by atoms with Crippen LogP contribution in [0.4, 0.5) is 17.6 Å². The Morgan fingerprint density at radius 2 is 1.90 bits per heavy atom. The topological polar surface area (TPSA) is 123 Å². The van der Waals surface area contributed by atoms with Gasteiger partial charge in [0.2, 0.25) is 5.91 Å². The standard InChI is InChI=1S/C27H35F4N7O3/c1-20(32)35-38(33)18-22-16-23(27(29,30)31)4-2-21(22)3-7-26(39)37-11-9-36(10-12-37)19-24-5-6-25(17-34-24)41-15-14-40-13-8-28/h2-7,16-17H,8-15,18-19,33H2,1H3,(H2,32,35)/b7-3+. The summed E-state index contributed by atoms with van der Waals surface area (Å²) in [7, 11) is 0. The summed E-state index contributed by atoms with van der Waals surface area (Å²) in [6.07, 6.45) is -0.0735. The van der Waals surface area contributed by atoms with Gasteiger partial charge in [-0.15, -0.1) is 5.10 Å². The summed E-state index contributed by atoms with van der Waals surface area (Å²) in [4.78, 5) is 21.1. The number of hydrogen-bond acceptors (Lipinski definition) is 8. The molecule has 3 rings (SSSR count). The second-order valence-corrected chi connectivity index (χ2v) is 9.32. The third-order valence-electron chi connectivity index (χ3n) is 6.08. The third kappa shape index (κ3) is 10.6. The van der Waals surface area contributed by atoms with Crippen LogP contribution >= 0.6 is 0 Å². The van der Waals surface area contributed by atoms with Gasteiger partial charge >= 0.3 is 6.18 Å². The highest BCUT2D eigenvalue weighted by molar-refractivity contribution is 5.92. The minimum absolute atomic E-state index is 0.0503. The van der Waals surface area contributed by atoms with Crippen LogP contribution in [0.15, 0.2) is 47.7 Å². The van der Waals surface area contributed by atoms with Gasteiger partial charge in [0, 0.05) is 38.8 Å². The van der Waals surface area contributed by atoms with Gasteiger partial charge in [0.05, 0.1) is 37.2 Å². The Labute approximate surface area is 236 Å². The third-order valence-corrected chi connectivity index (χ3v) is 6.08. The van der Waals surface area contributed by atoms with Crippen LogP contribution < -0.4 is 16.3 Å². The lowest BCUT2D eigenvalue weighted by atomic mass is 10.0. The van der Waals surface area contributed by atoms with Gasteiger partial charge in [-0.25, -0.2) is 15.4 Å². The number of aromatic nitrogens is 1. The Balaban J connectivity index is 1.53. The lowest BCUT2D eigenvalue weighted by Gasteiger charge is -2.34. The highest BCUT2D eigenvalue weighted by Crippen LogP contribution is 2.31. The Morgan fingerprint density at radius 1 is 1.15 bits per heavy atom. The molecule has 1 aromatic carbocycles. The number of hydrazine groups is 1. The molecule has 1 saturated heterocycles. The molecule has 4 N–H and O–H groups in total. The summed E-state index contributed by atoms with van der Waals surface area (Å²) in [6, 6.07) is 6.92. The van der Waals surface area contributed by atoms with Crippen molar-refractivity contribution in [1.29, 1.82) is 0 Å². The van der Waals surface area contributed by atoms with Crippen molar-refractivity contribution in [3.63, 3.8) is 0 Å². The number of benzene rings is 1. The number of amides is 1. The van der Waals surface area contributed by atoms with E-state index in [1.807, 2.05) is 12.1 Å². The predicted molar refractivity (Wildman–Crippen MR) is 146 cm³/mol. The SMILES string of the molecule is C/C(N)=N/N(N)Cc1cc(C(F)(F)F)ccc1/C=C/C(=O)N1CCN(Cc2ccc(OCCOCCF)cn2)CC1. The Kier molecular flexibility index (Phi) is 11.9. The number of carbonyl (C=O) groups is 1. The van der Waals surface area contributed by atoms with E-state index in [2.05, 4.69) is 15.0 Å². The number of hydrogen-bond donors (Lipinski definition) is 2. The molecule has 0 aliphatic carbocycles. The summed E-state index contributed by atoms with van der Waals surface area (Å²) >= 11 is 0. The first kappa shape index (κ1) is 31.8. The van der Waals surface area contributed by atoms with Gasteiger partial charge in [-0.2, -0.15) is 13.2 Å². The van der Waals surface area contributed by atoms with E-state index < -0.39 is 18.4 Å². The molecule has 1 aromatic heterocycles. The largest absolute Gasteiger partial charge is 0.490 e. The lowest BCUT2D eigenvalue weighted by Crippen LogP contribution is -2.47. The van der Waals surface area contributed by atoms with Gasteiger partial charge in [0.25, 0.3) is 0 Å². The van der Waals surface area contributed by atoms with Crippen LogP contribution in [0.25, 0.3) is 6.08 Å². The Hall–Kier alpha value is -3.75. The molecule has 224 valence electrons. The quantitative estimate of drug-likeness (QED) is 0.0705. The number of pyridine rings is 1. The number of amidine groups is 1. The molecule has 0 unspecified atom stereocenters. The number of nitrogens with zero attached hydrogens (tertiary/aromatic N) is 5. The number of carbonyl (C=O) groups excluding carboxylic acids is 1. The van der Waals surface area contributed by atoms with Crippen molar-refractivity contribution >= 4 is 17.8 Å². The van der Waals surface area contributed by atoms with Crippen molar-refractivity contribution in [3.8, 4) is 5.75 Å². The molecule has 1 aliphatic heterocycles. The van der Waals surface area contributed by atoms with Gasteiger partial charge in [-0.05, 0) is 48.4 Å². The maximum atomic E-state index is 13.3. The van der Waals surface area contributed by atoms with Crippen molar-refractivity contribution < 1.29 is 31.8 Å². The zero-order valence-corrected chi connectivity index (χ0v) is 22.8. The van der Waals surface area contributed by atoms with Gasteiger partial charge in [-0.1, -0.05) is 6.07 Å². The lowest BCUT2D eigenvalue weighted by molar-refractivity contribution is -0.137. The van der Waals surface area contributed by atoms with E-state index in [0.29, 0.717) is 57.3 Å². The van der Waals surface area contributed by atoms with Crippen LogP contribution in [0.1, 0.15) is 29.3 Å². The fraction of sp³-hybridized carbons (Fsp3) is 0.444. The van der Waals surface area contributed by atoms with Crippen molar-refractivity contribution in [3.05, 3.63) is 65.0 Å². The maximum Gasteiger partial charge on any atom is 0.416 e. The molecular weight excluding hydrogens is 546 g/mol. The van der Waals surface area contributed by atoms with Crippen molar-refractivity contribution in [2.24, 2.45) is 16.7 Å². The molecule has 1 aliphatic rings. The molecule has 0 saturated carbocycles. The van der Waals surface area contributed by atoms with E-state index in [-0.39, 0.29) is 30.5 Å². The number of alkyl halides is 4. The van der Waals surface area contributed by atoms with Crippen molar-refractivity contribution in [2.45, 2.75) is 26.2 Å². The second kappa shape index (κ2) is 15.3. The Morgan fingerprint density at radius 3 is 2.54 bits per heavy atom. The molecule has 0 radical (unpaired) electrons. The fourth-order valence-electron chi connectivity index (χ4n) is 4.08. The van der Waals surface area contributed by atoms with E-state index in [1.54, 1.807) is 11.1 Å². The zero-order valence-electron chi connectivity index (χ0n) is 22.8. The Bertz CT molecular complexity index is 1180. The number of ether oxygens (including phenoxy) is 2. The van der Waals surface area contributed by atoms with Gasteiger partial charge in [-0.3, -0.25) is 14.7 Å². The first-order valence-corrected chi connectivity index (χ1v) is 13.0. The number of piperazine rings is 1. The van der Waals surface area contributed by atoms with Crippen LogP contribution in [0.5, 0.6) is 5.75 Å².